The lowest BCUT2D eigenvalue weighted by atomic mass is 9.29. The molecule has 4 nitrogen and oxygen atoms in total. The van der Waals surface area contributed by atoms with Gasteiger partial charge in [0.1, 0.15) is 29.2 Å². The molecule has 7 aliphatic rings. The summed E-state index contributed by atoms with van der Waals surface area (Å²) in [5.41, 5.74) is 7.25. The highest BCUT2D eigenvalue weighted by Gasteiger charge is 2.82. The van der Waals surface area contributed by atoms with Crippen molar-refractivity contribution in [3.05, 3.63) is 69.7 Å². The van der Waals surface area contributed by atoms with E-state index in [0.717, 1.165) is 42.4 Å². The fourth-order valence-corrected chi connectivity index (χ4v) is 10.5. The maximum Gasteiger partial charge on any atom is 0.137 e. The van der Waals surface area contributed by atoms with Crippen molar-refractivity contribution in [3.63, 3.8) is 0 Å². The number of nitriles is 2. The zero-order valence-corrected chi connectivity index (χ0v) is 24.3. The van der Waals surface area contributed by atoms with Crippen LogP contribution in [0.25, 0.3) is 6.08 Å². The van der Waals surface area contributed by atoms with E-state index in [9.17, 15) is 10.5 Å². The quantitative estimate of drug-likeness (QED) is 0.374. The lowest BCUT2D eigenvalue weighted by Crippen LogP contribution is -2.69. The van der Waals surface area contributed by atoms with E-state index < -0.39 is 0 Å². The standard InChI is InChI=1S/C36H39N3O/c1-33(2)7-9-39-10-8-34(3,4)30-14-22(13-29(33)32(30)39)5-6-28-15-24(25(20-37)21-38)16-31(40-28)35-18-26-11-23-12-27(19-35)36(26,35)17-23/h5-6,13-16,23,26-27H,7-12,17-19H2,1-4H3/b6-5+. The van der Waals surface area contributed by atoms with Crippen molar-refractivity contribution in [2.24, 2.45) is 28.6 Å². The van der Waals surface area contributed by atoms with Gasteiger partial charge in [-0.25, -0.2) is 0 Å². The van der Waals surface area contributed by atoms with Crippen LogP contribution in [0.4, 0.5) is 5.69 Å². The van der Waals surface area contributed by atoms with Gasteiger partial charge in [0.2, 0.25) is 0 Å². The summed E-state index contributed by atoms with van der Waals surface area (Å²) >= 11 is 0. The Morgan fingerprint density at radius 2 is 1.52 bits per heavy atom. The van der Waals surface area contributed by atoms with Crippen LogP contribution in [0.3, 0.4) is 0 Å². The van der Waals surface area contributed by atoms with Gasteiger partial charge in [-0.15, -0.1) is 0 Å². The van der Waals surface area contributed by atoms with Crippen LogP contribution in [0.2, 0.25) is 0 Å². The van der Waals surface area contributed by atoms with Gasteiger partial charge in [0.15, 0.2) is 0 Å². The first-order chi connectivity index (χ1) is 19.1. The van der Waals surface area contributed by atoms with E-state index in [1.807, 2.05) is 12.2 Å². The molecule has 4 aliphatic carbocycles. The Morgan fingerprint density at radius 3 is 2.10 bits per heavy atom. The molecular weight excluding hydrogens is 490 g/mol. The molecule has 0 saturated heterocycles. The highest BCUT2D eigenvalue weighted by atomic mass is 16.5. The van der Waals surface area contributed by atoms with Gasteiger partial charge in [-0.3, -0.25) is 0 Å². The molecule has 0 aromatic heterocycles. The van der Waals surface area contributed by atoms with Crippen LogP contribution in [-0.4, -0.2) is 13.1 Å². The normalized spacial score (nSPS) is 36.7. The van der Waals surface area contributed by atoms with Gasteiger partial charge in [-0.05, 0) is 126 Å². The van der Waals surface area contributed by atoms with E-state index in [1.165, 1.54) is 67.3 Å². The van der Waals surface area contributed by atoms with Crippen molar-refractivity contribution >= 4 is 11.8 Å². The van der Waals surface area contributed by atoms with Crippen LogP contribution in [-0.2, 0) is 15.6 Å². The minimum Gasteiger partial charge on any atom is -0.461 e. The number of hydrogen-bond donors (Lipinski definition) is 0. The molecule has 0 radical (unpaired) electrons. The zero-order chi connectivity index (χ0) is 27.7. The van der Waals surface area contributed by atoms with E-state index in [1.54, 1.807) is 0 Å². The summed E-state index contributed by atoms with van der Waals surface area (Å²) in [6.45, 7) is 11.8. The SMILES string of the molecule is CC1(C)CCN2CCC(C)(C)c3cc(/C=C/C4=CC(=C(C#N)C#N)C=C(C56CC7CC8CC(C5)C76C8)O4)cc1c32. The number of anilines is 1. The number of rotatable bonds is 3. The van der Waals surface area contributed by atoms with Gasteiger partial charge in [-0.1, -0.05) is 33.8 Å². The number of allylic oxidation sites excluding steroid dienone is 6. The number of fused-ring (bicyclic) bond motifs is 1. The molecule has 2 atom stereocenters. The summed E-state index contributed by atoms with van der Waals surface area (Å²) in [4.78, 5) is 2.61. The van der Waals surface area contributed by atoms with E-state index in [4.69, 9.17) is 4.74 Å². The predicted molar refractivity (Wildman–Crippen MR) is 157 cm³/mol. The molecule has 1 spiro atoms. The van der Waals surface area contributed by atoms with Crippen LogP contribution in [0.15, 0.2) is 53.0 Å². The van der Waals surface area contributed by atoms with Crippen molar-refractivity contribution in [3.8, 4) is 12.1 Å². The summed E-state index contributed by atoms with van der Waals surface area (Å²) in [7, 11) is 0. The van der Waals surface area contributed by atoms with Crippen LogP contribution in [0, 0.1) is 51.2 Å². The lowest BCUT2D eigenvalue weighted by molar-refractivity contribution is -0.253. The van der Waals surface area contributed by atoms with Crippen LogP contribution in [0.5, 0.6) is 0 Å². The molecular formula is C36H39N3O. The van der Waals surface area contributed by atoms with E-state index in [0.29, 0.717) is 11.0 Å². The highest BCUT2D eigenvalue weighted by molar-refractivity contribution is 5.72. The third-order valence-corrected chi connectivity index (χ3v) is 12.6. The molecule has 40 heavy (non-hydrogen) atoms. The summed E-state index contributed by atoms with van der Waals surface area (Å²) in [6.07, 6.45) is 17.1. The number of benzene rings is 1. The number of ether oxygens (including phenoxy) is 1. The highest BCUT2D eigenvalue weighted by Crippen LogP contribution is 2.88. The first-order valence-electron chi connectivity index (χ1n) is 15.4. The fourth-order valence-electron chi connectivity index (χ4n) is 10.5. The van der Waals surface area contributed by atoms with Gasteiger partial charge < -0.3 is 9.64 Å². The molecule has 4 heteroatoms. The molecule has 1 aromatic rings. The molecule has 3 aliphatic heterocycles. The molecule has 3 heterocycles. The van der Waals surface area contributed by atoms with Crippen molar-refractivity contribution in [2.75, 3.05) is 18.0 Å². The van der Waals surface area contributed by atoms with E-state index in [-0.39, 0.29) is 21.8 Å². The molecule has 4 saturated carbocycles. The van der Waals surface area contributed by atoms with Gasteiger partial charge in [-0.2, -0.15) is 10.5 Å². The fraction of sp³-hybridized carbons (Fsp3) is 0.556. The summed E-state index contributed by atoms with van der Waals surface area (Å²) in [6, 6.07) is 9.05. The first kappa shape index (κ1) is 24.5. The van der Waals surface area contributed by atoms with Crippen molar-refractivity contribution in [1.29, 1.82) is 10.5 Å². The number of nitrogens with zero attached hydrogens (tertiary/aromatic N) is 3. The predicted octanol–water partition coefficient (Wildman–Crippen LogP) is 7.84. The molecule has 0 amide bonds. The maximum absolute atomic E-state index is 9.74. The topological polar surface area (TPSA) is 60.0 Å². The van der Waals surface area contributed by atoms with Crippen LogP contribution < -0.4 is 4.90 Å². The van der Waals surface area contributed by atoms with Crippen molar-refractivity contribution < 1.29 is 4.74 Å². The molecule has 4 fully saturated rings. The summed E-state index contributed by atoms with van der Waals surface area (Å²) < 4.78 is 6.73. The molecule has 2 unspecified atom stereocenters. The Balaban J connectivity index is 1.18. The Hall–Kier alpha value is -3.24. The van der Waals surface area contributed by atoms with Crippen molar-refractivity contribution in [2.45, 2.75) is 83.5 Å². The third kappa shape index (κ3) is 2.96. The molecule has 0 N–H and O–H groups in total. The minimum atomic E-state index is 0.107. The lowest BCUT2D eigenvalue weighted by Gasteiger charge is -2.74. The van der Waals surface area contributed by atoms with E-state index >= 15 is 0 Å². The van der Waals surface area contributed by atoms with Gasteiger partial charge in [0, 0.05) is 29.8 Å². The first-order valence-corrected chi connectivity index (χ1v) is 15.4. The maximum atomic E-state index is 9.74. The summed E-state index contributed by atoms with van der Waals surface area (Å²) in [5, 5.41) is 19.5. The van der Waals surface area contributed by atoms with E-state index in [2.05, 4.69) is 69.0 Å². The van der Waals surface area contributed by atoms with Gasteiger partial charge >= 0.3 is 0 Å². The second-order valence-electron chi connectivity index (χ2n) is 15.2. The second kappa shape index (κ2) is 7.73. The molecule has 2 bridgehead atoms. The monoisotopic (exact) mass is 529 g/mol. The average Bonchev–Trinajstić information content (AvgIpc) is 3.44. The average molecular weight is 530 g/mol. The largest absolute Gasteiger partial charge is 0.461 e. The van der Waals surface area contributed by atoms with Gasteiger partial charge in [0.25, 0.3) is 0 Å². The summed E-state index contributed by atoms with van der Waals surface area (Å²) in [5.74, 6) is 4.35. The third-order valence-electron chi connectivity index (χ3n) is 12.6. The van der Waals surface area contributed by atoms with Crippen LogP contribution in [0.1, 0.15) is 89.3 Å². The minimum absolute atomic E-state index is 0.107. The Kier molecular flexibility index (Phi) is 4.74. The zero-order valence-electron chi connectivity index (χ0n) is 24.3. The molecule has 1 aromatic carbocycles. The second-order valence-corrected chi connectivity index (χ2v) is 15.2. The Morgan fingerprint density at radius 1 is 0.900 bits per heavy atom. The Bertz CT molecular complexity index is 1490. The smallest absolute Gasteiger partial charge is 0.137 e. The molecule has 204 valence electrons. The number of hydrogen-bond acceptors (Lipinski definition) is 4. The van der Waals surface area contributed by atoms with Crippen LogP contribution >= 0.6 is 0 Å². The molecule has 8 rings (SSSR count). The van der Waals surface area contributed by atoms with Gasteiger partial charge in [0.05, 0.1) is 0 Å². The Labute approximate surface area is 238 Å². The van der Waals surface area contributed by atoms with Crippen molar-refractivity contribution in [1.82, 2.24) is 0 Å².